The van der Waals surface area contributed by atoms with Gasteiger partial charge in [-0.25, -0.2) is 4.79 Å². The lowest BCUT2D eigenvalue weighted by Crippen LogP contribution is -2.27. The number of rotatable bonds is 8. The van der Waals surface area contributed by atoms with E-state index in [2.05, 4.69) is 0 Å². The summed E-state index contributed by atoms with van der Waals surface area (Å²) in [5, 5.41) is 9.03. The molecule has 5 heteroatoms. The zero-order valence-corrected chi connectivity index (χ0v) is 12.7. The van der Waals surface area contributed by atoms with E-state index in [0.717, 1.165) is 0 Å². The molecule has 0 aromatic heterocycles. The highest BCUT2D eigenvalue weighted by Crippen LogP contribution is 2.21. The van der Waals surface area contributed by atoms with Gasteiger partial charge in [-0.3, -0.25) is 4.79 Å². The molecule has 0 amide bonds. The normalized spacial score (nSPS) is 11.2. The largest absolute Gasteiger partial charge is 0.478 e. The van der Waals surface area contributed by atoms with Crippen LogP contribution in [-0.4, -0.2) is 30.3 Å². The minimum Gasteiger partial charge on any atom is -0.478 e. The highest BCUT2D eigenvalue weighted by Gasteiger charge is 2.26. The molecule has 0 aliphatic carbocycles. The van der Waals surface area contributed by atoms with Crippen molar-refractivity contribution in [2.45, 2.75) is 33.8 Å². The highest BCUT2D eigenvalue weighted by atomic mass is 16.6. The zero-order chi connectivity index (χ0) is 15.9. The standard InChI is InChI=1S/C16H22O5/c1-4-16(2,3)15(19)21-10-9-20-11-12-7-5-6-8-13(12)14(17)18/h5-8H,4,9-11H2,1-3H3,(H,17,18). The lowest BCUT2D eigenvalue weighted by atomic mass is 9.91. The maximum Gasteiger partial charge on any atom is 0.336 e. The van der Waals surface area contributed by atoms with Crippen molar-refractivity contribution in [1.29, 1.82) is 0 Å². The predicted octanol–water partition coefficient (Wildman–Crippen LogP) is 2.88. The minimum absolute atomic E-state index is 0.164. The Hall–Kier alpha value is -1.88. The smallest absolute Gasteiger partial charge is 0.336 e. The van der Waals surface area contributed by atoms with E-state index in [1.165, 1.54) is 6.07 Å². The van der Waals surface area contributed by atoms with Gasteiger partial charge in [-0.05, 0) is 31.9 Å². The van der Waals surface area contributed by atoms with E-state index in [1.54, 1.807) is 18.2 Å². The monoisotopic (exact) mass is 294 g/mol. The van der Waals surface area contributed by atoms with Crippen LogP contribution in [0.4, 0.5) is 0 Å². The molecule has 0 aliphatic rings. The van der Waals surface area contributed by atoms with Crippen LogP contribution in [0.1, 0.15) is 43.1 Å². The summed E-state index contributed by atoms with van der Waals surface area (Å²) in [5.41, 5.74) is 0.336. The number of aromatic carboxylic acids is 1. The summed E-state index contributed by atoms with van der Waals surface area (Å²) < 4.78 is 10.5. The summed E-state index contributed by atoms with van der Waals surface area (Å²) in [5.74, 6) is -1.23. The third-order valence-electron chi connectivity index (χ3n) is 3.40. The average Bonchev–Trinajstić information content (AvgIpc) is 2.46. The van der Waals surface area contributed by atoms with Crippen LogP contribution in [0.2, 0.25) is 0 Å². The van der Waals surface area contributed by atoms with Crippen LogP contribution in [0.5, 0.6) is 0 Å². The van der Waals surface area contributed by atoms with E-state index in [4.69, 9.17) is 14.6 Å². The van der Waals surface area contributed by atoms with Crippen LogP contribution in [0.15, 0.2) is 24.3 Å². The van der Waals surface area contributed by atoms with E-state index in [0.29, 0.717) is 12.0 Å². The lowest BCUT2D eigenvalue weighted by molar-refractivity contribution is -0.155. The maximum atomic E-state index is 11.7. The van der Waals surface area contributed by atoms with E-state index in [9.17, 15) is 9.59 Å². The van der Waals surface area contributed by atoms with Gasteiger partial charge in [0.15, 0.2) is 0 Å². The molecule has 1 N–H and O–H groups in total. The number of benzene rings is 1. The molecule has 1 aromatic rings. The van der Waals surface area contributed by atoms with Crippen molar-refractivity contribution >= 4 is 11.9 Å². The molecule has 0 unspecified atom stereocenters. The molecule has 0 fully saturated rings. The van der Waals surface area contributed by atoms with E-state index in [1.807, 2.05) is 20.8 Å². The maximum absolute atomic E-state index is 11.7. The summed E-state index contributed by atoms with van der Waals surface area (Å²) in [6, 6.07) is 6.66. The Bertz CT molecular complexity index is 493. The van der Waals surface area contributed by atoms with Crippen LogP contribution in [0.25, 0.3) is 0 Å². The molecule has 0 saturated carbocycles. The number of hydrogen-bond acceptors (Lipinski definition) is 4. The fraction of sp³-hybridized carbons (Fsp3) is 0.500. The molecule has 0 bridgehead atoms. The summed E-state index contributed by atoms with van der Waals surface area (Å²) in [6.07, 6.45) is 0.707. The molecular weight excluding hydrogens is 272 g/mol. The first kappa shape index (κ1) is 17.2. The first-order valence-corrected chi connectivity index (χ1v) is 6.94. The molecule has 5 nitrogen and oxygen atoms in total. The predicted molar refractivity (Wildman–Crippen MR) is 78.1 cm³/mol. The zero-order valence-electron chi connectivity index (χ0n) is 12.7. The molecule has 116 valence electrons. The third kappa shape index (κ3) is 5.19. The van der Waals surface area contributed by atoms with Crippen molar-refractivity contribution in [3.05, 3.63) is 35.4 Å². The van der Waals surface area contributed by atoms with Gasteiger partial charge in [-0.1, -0.05) is 25.1 Å². The lowest BCUT2D eigenvalue weighted by Gasteiger charge is -2.20. The Balaban J connectivity index is 2.36. The molecule has 0 heterocycles. The quantitative estimate of drug-likeness (QED) is 0.589. The number of carboxylic acids is 1. The first-order chi connectivity index (χ1) is 9.88. The molecule has 0 radical (unpaired) electrons. The van der Waals surface area contributed by atoms with Crippen LogP contribution < -0.4 is 0 Å². The minimum atomic E-state index is -0.981. The van der Waals surface area contributed by atoms with Crippen LogP contribution >= 0.6 is 0 Å². The fourth-order valence-corrected chi connectivity index (χ4v) is 1.57. The Kier molecular flexibility index (Phi) is 6.37. The van der Waals surface area contributed by atoms with Crippen molar-refractivity contribution in [1.82, 2.24) is 0 Å². The number of carbonyl (C=O) groups is 2. The van der Waals surface area contributed by atoms with Gasteiger partial charge < -0.3 is 14.6 Å². The number of carboxylic acid groups (broad SMARTS) is 1. The molecule has 1 aromatic carbocycles. The summed E-state index contributed by atoms with van der Waals surface area (Å²) in [7, 11) is 0. The van der Waals surface area contributed by atoms with E-state index in [-0.39, 0.29) is 31.4 Å². The van der Waals surface area contributed by atoms with Crippen molar-refractivity contribution in [3.8, 4) is 0 Å². The fourth-order valence-electron chi connectivity index (χ4n) is 1.57. The molecule has 0 spiro atoms. The van der Waals surface area contributed by atoms with Crippen molar-refractivity contribution in [2.75, 3.05) is 13.2 Å². The van der Waals surface area contributed by atoms with Gasteiger partial charge in [0, 0.05) is 0 Å². The summed E-state index contributed by atoms with van der Waals surface area (Å²) in [6.45, 7) is 6.17. The Morgan fingerprint density at radius 1 is 1.19 bits per heavy atom. The molecule has 0 aliphatic heterocycles. The Labute approximate surface area is 124 Å². The van der Waals surface area contributed by atoms with E-state index >= 15 is 0 Å². The number of hydrogen-bond donors (Lipinski definition) is 1. The van der Waals surface area contributed by atoms with Gasteiger partial charge in [0.25, 0.3) is 0 Å². The summed E-state index contributed by atoms with van der Waals surface area (Å²) >= 11 is 0. The molecule has 0 saturated heterocycles. The van der Waals surface area contributed by atoms with Gasteiger partial charge in [-0.2, -0.15) is 0 Å². The van der Waals surface area contributed by atoms with Gasteiger partial charge in [-0.15, -0.1) is 0 Å². The molecular formula is C16H22O5. The van der Waals surface area contributed by atoms with Crippen LogP contribution in [0, 0.1) is 5.41 Å². The average molecular weight is 294 g/mol. The SMILES string of the molecule is CCC(C)(C)C(=O)OCCOCc1ccccc1C(=O)O. The second-order valence-electron chi connectivity index (χ2n) is 5.39. The van der Waals surface area contributed by atoms with E-state index < -0.39 is 11.4 Å². The Morgan fingerprint density at radius 3 is 2.48 bits per heavy atom. The molecule has 0 atom stereocenters. The number of carbonyl (C=O) groups excluding carboxylic acids is 1. The summed E-state index contributed by atoms with van der Waals surface area (Å²) in [4.78, 5) is 22.7. The van der Waals surface area contributed by atoms with Gasteiger partial charge in [0.2, 0.25) is 0 Å². The highest BCUT2D eigenvalue weighted by molar-refractivity contribution is 5.89. The topological polar surface area (TPSA) is 72.8 Å². The third-order valence-corrected chi connectivity index (χ3v) is 3.40. The van der Waals surface area contributed by atoms with Crippen LogP contribution in [0.3, 0.4) is 0 Å². The van der Waals surface area contributed by atoms with Gasteiger partial charge >= 0.3 is 11.9 Å². The van der Waals surface area contributed by atoms with Gasteiger partial charge in [0.05, 0.1) is 24.2 Å². The van der Waals surface area contributed by atoms with Crippen molar-refractivity contribution < 1.29 is 24.2 Å². The number of esters is 1. The second-order valence-corrected chi connectivity index (χ2v) is 5.39. The van der Waals surface area contributed by atoms with Gasteiger partial charge in [0.1, 0.15) is 6.61 Å². The molecule has 1 rings (SSSR count). The van der Waals surface area contributed by atoms with Crippen molar-refractivity contribution in [3.63, 3.8) is 0 Å². The van der Waals surface area contributed by atoms with Crippen LogP contribution in [-0.2, 0) is 20.9 Å². The first-order valence-electron chi connectivity index (χ1n) is 6.94. The number of ether oxygens (including phenoxy) is 2. The Morgan fingerprint density at radius 2 is 1.86 bits per heavy atom. The molecule has 21 heavy (non-hydrogen) atoms. The van der Waals surface area contributed by atoms with Crippen molar-refractivity contribution in [2.24, 2.45) is 5.41 Å². The second kappa shape index (κ2) is 7.78.